The minimum atomic E-state index is -1.65. The Morgan fingerprint density at radius 3 is 1.77 bits per heavy atom. The first-order chi connectivity index (χ1) is 9.96. The van der Waals surface area contributed by atoms with E-state index in [9.17, 15) is 0 Å². The van der Waals surface area contributed by atoms with Gasteiger partial charge in [-0.25, -0.2) is 0 Å². The fraction of sp³-hybridized carbons (Fsp3) is 0.579. The Kier molecular flexibility index (Phi) is 8.37. The molecule has 22 heavy (non-hydrogen) atoms. The maximum atomic E-state index is 6.03. The van der Waals surface area contributed by atoms with Crippen LogP contribution < -0.4 is 0 Å². The van der Waals surface area contributed by atoms with Crippen LogP contribution in [0.25, 0.3) is 0 Å². The van der Waals surface area contributed by atoms with E-state index in [2.05, 4.69) is 100 Å². The molecule has 0 aliphatic carbocycles. The normalized spacial score (nSPS) is 10.7. The van der Waals surface area contributed by atoms with Gasteiger partial charge in [0.1, 0.15) is 8.07 Å². The van der Waals surface area contributed by atoms with Crippen LogP contribution in [-0.4, -0.2) is 23.0 Å². The van der Waals surface area contributed by atoms with Crippen molar-refractivity contribution >= 4 is 16.4 Å². The molecule has 0 saturated heterocycles. The van der Waals surface area contributed by atoms with Gasteiger partial charge < -0.3 is 4.43 Å². The molecule has 118 valence electrons. The summed E-state index contributed by atoms with van der Waals surface area (Å²) in [6.45, 7) is 18.4. The van der Waals surface area contributed by atoms with Crippen LogP contribution >= 0.6 is 0 Å². The molecule has 0 bridgehead atoms. The third-order valence-electron chi connectivity index (χ3n) is 3.33. The lowest BCUT2D eigenvalue weighted by atomic mass is 10.2. The predicted molar refractivity (Wildman–Crippen MR) is 102 cm³/mol. The van der Waals surface area contributed by atoms with E-state index in [0.717, 1.165) is 0 Å². The molecule has 0 amide bonds. The average Bonchev–Trinajstić information content (AvgIpc) is 2.33. The molecule has 0 aliphatic rings. The van der Waals surface area contributed by atoms with Crippen molar-refractivity contribution < 1.29 is 4.43 Å². The Hall–Kier alpha value is -1.37. The van der Waals surface area contributed by atoms with Gasteiger partial charge in [-0.1, -0.05) is 46.3 Å². The molecular weight excluding hydrogens is 300 g/mol. The molecule has 0 unspecified atom stereocenters. The van der Waals surface area contributed by atoms with E-state index in [1.54, 1.807) is 0 Å². The molecule has 0 fully saturated rings. The highest BCUT2D eigenvalue weighted by Crippen LogP contribution is 2.36. The first-order valence-corrected chi connectivity index (χ1v) is 14.0. The Labute approximate surface area is 139 Å². The number of rotatable bonds is 3. The summed E-state index contributed by atoms with van der Waals surface area (Å²) in [5, 5.41) is 0.243. The minimum Gasteiger partial charge on any atom is -0.416 e. The highest BCUT2D eigenvalue weighted by atomic mass is 28.4. The lowest BCUT2D eigenvalue weighted by Gasteiger charge is -2.35. The average molecular weight is 329 g/mol. The first kappa shape index (κ1) is 20.6. The Morgan fingerprint density at radius 1 is 0.773 bits per heavy atom. The van der Waals surface area contributed by atoms with E-state index in [-0.39, 0.29) is 5.04 Å². The van der Waals surface area contributed by atoms with E-state index in [1.165, 1.54) is 0 Å². The van der Waals surface area contributed by atoms with Crippen molar-refractivity contribution in [1.29, 1.82) is 0 Å². The molecule has 0 aromatic rings. The van der Waals surface area contributed by atoms with Crippen molar-refractivity contribution in [1.82, 2.24) is 0 Å². The lowest BCUT2D eigenvalue weighted by molar-refractivity contribution is 0.296. The summed E-state index contributed by atoms with van der Waals surface area (Å²) in [7, 11) is -2.98. The fourth-order valence-electron chi connectivity index (χ4n) is 1.02. The molecule has 0 spiro atoms. The van der Waals surface area contributed by atoms with Gasteiger partial charge in [-0.2, -0.15) is 0 Å². The molecule has 0 heterocycles. The van der Waals surface area contributed by atoms with Crippen LogP contribution in [0.3, 0.4) is 0 Å². The van der Waals surface area contributed by atoms with E-state index in [4.69, 9.17) is 4.43 Å². The van der Waals surface area contributed by atoms with Crippen LogP contribution in [0.2, 0.25) is 37.8 Å². The largest absolute Gasteiger partial charge is 0.416 e. The van der Waals surface area contributed by atoms with Gasteiger partial charge in [0.2, 0.25) is 0 Å². The van der Waals surface area contributed by atoms with Gasteiger partial charge in [0.15, 0.2) is 8.32 Å². The second-order valence-electron chi connectivity index (χ2n) is 7.66. The summed E-state index contributed by atoms with van der Waals surface area (Å²) < 4.78 is 6.03. The third kappa shape index (κ3) is 10.4. The zero-order valence-electron chi connectivity index (χ0n) is 15.3. The van der Waals surface area contributed by atoms with Crippen LogP contribution in [-0.2, 0) is 4.43 Å². The van der Waals surface area contributed by atoms with Gasteiger partial charge in [-0.05, 0) is 53.7 Å². The molecule has 0 N–H and O–H groups in total. The van der Waals surface area contributed by atoms with Crippen LogP contribution in [0, 0.1) is 47.0 Å². The highest BCUT2D eigenvalue weighted by molar-refractivity contribution is 6.83. The van der Waals surface area contributed by atoms with Crippen molar-refractivity contribution in [3.05, 3.63) is 0 Å². The quantitative estimate of drug-likeness (QED) is 0.427. The van der Waals surface area contributed by atoms with E-state index < -0.39 is 16.4 Å². The SMILES string of the molecule is CC(C)(C)[Si](C)(C)OCCC#CC#CC#CC#C[Si](C)(C)C. The zero-order chi connectivity index (χ0) is 17.3. The van der Waals surface area contributed by atoms with E-state index in [0.29, 0.717) is 13.0 Å². The summed E-state index contributed by atoms with van der Waals surface area (Å²) in [4.78, 5) is 0. The second-order valence-corrected chi connectivity index (χ2v) is 17.2. The van der Waals surface area contributed by atoms with Gasteiger partial charge in [0, 0.05) is 13.0 Å². The Bertz CT molecular complexity index is 600. The molecule has 0 saturated carbocycles. The van der Waals surface area contributed by atoms with Gasteiger partial charge in [0.05, 0.1) is 0 Å². The highest BCUT2D eigenvalue weighted by Gasteiger charge is 2.36. The van der Waals surface area contributed by atoms with E-state index in [1.807, 2.05) is 0 Å². The van der Waals surface area contributed by atoms with Gasteiger partial charge >= 0.3 is 0 Å². The standard InChI is InChI=1S/C19H28OSi2/c1-19(2,3)22(7,8)20-17-15-13-11-9-10-12-14-16-18-21(4,5)6/h15,17H2,1-8H3. The molecule has 0 aromatic carbocycles. The van der Waals surface area contributed by atoms with Crippen LogP contribution in [0.5, 0.6) is 0 Å². The van der Waals surface area contributed by atoms with Gasteiger partial charge in [-0.15, -0.1) is 5.54 Å². The summed E-state index contributed by atoms with van der Waals surface area (Å²) in [5.41, 5.74) is 3.17. The second kappa shape index (κ2) is 8.93. The summed E-state index contributed by atoms with van der Waals surface area (Å²) >= 11 is 0. The smallest absolute Gasteiger partial charge is 0.192 e. The van der Waals surface area contributed by atoms with Gasteiger partial charge in [-0.3, -0.25) is 0 Å². The zero-order valence-corrected chi connectivity index (χ0v) is 17.3. The Morgan fingerprint density at radius 2 is 1.27 bits per heavy atom. The third-order valence-corrected chi connectivity index (χ3v) is 8.75. The molecule has 0 aromatic heterocycles. The minimum absolute atomic E-state index is 0.243. The van der Waals surface area contributed by atoms with Crippen molar-refractivity contribution in [3.8, 4) is 47.0 Å². The maximum Gasteiger partial charge on any atom is 0.192 e. The van der Waals surface area contributed by atoms with Crippen molar-refractivity contribution in [2.45, 2.75) is 65.0 Å². The van der Waals surface area contributed by atoms with Gasteiger partial charge in [0.25, 0.3) is 0 Å². The summed E-state index contributed by atoms with van der Waals surface area (Å²) in [5.74, 6) is 19.5. The lowest BCUT2D eigenvalue weighted by Crippen LogP contribution is -2.40. The van der Waals surface area contributed by atoms with Crippen LogP contribution in [0.1, 0.15) is 27.2 Å². The molecule has 0 aliphatic heterocycles. The fourth-order valence-corrected chi connectivity index (χ4v) is 2.51. The van der Waals surface area contributed by atoms with E-state index >= 15 is 0 Å². The Balaban J connectivity index is 4.20. The predicted octanol–water partition coefficient (Wildman–Crippen LogP) is 4.29. The number of hydrogen-bond donors (Lipinski definition) is 0. The maximum absolute atomic E-state index is 6.03. The molecule has 0 rings (SSSR count). The number of hydrogen-bond acceptors (Lipinski definition) is 1. The molecule has 0 radical (unpaired) electrons. The molecule has 3 heteroatoms. The summed E-state index contributed by atoms with van der Waals surface area (Å²) in [6, 6.07) is 0. The monoisotopic (exact) mass is 328 g/mol. The van der Waals surface area contributed by atoms with Crippen molar-refractivity contribution in [3.63, 3.8) is 0 Å². The molecule has 0 atom stereocenters. The van der Waals surface area contributed by atoms with Crippen molar-refractivity contribution in [2.75, 3.05) is 6.61 Å². The first-order valence-electron chi connectivity index (χ1n) is 7.60. The topological polar surface area (TPSA) is 9.23 Å². The molecular formula is C19H28OSi2. The summed E-state index contributed by atoms with van der Waals surface area (Å²) in [6.07, 6.45) is 0.712. The van der Waals surface area contributed by atoms with Crippen LogP contribution in [0.15, 0.2) is 0 Å². The van der Waals surface area contributed by atoms with Crippen LogP contribution in [0.4, 0.5) is 0 Å². The molecule has 1 nitrogen and oxygen atoms in total. The van der Waals surface area contributed by atoms with Crippen molar-refractivity contribution in [2.24, 2.45) is 0 Å².